The van der Waals surface area contributed by atoms with Gasteiger partial charge in [0.15, 0.2) is 5.65 Å². The molecule has 2 heterocycles. The Bertz CT molecular complexity index is 747. The molecule has 0 aliphatic rings. The number of pyridine rings is 1. The molecular weight excluding hydrogens is 373 g/mol. The van der Waals surface area contributed by atoms with E-state index in [4.69, 9.17) is 5.73 Å². The van der Waals surface area contributed by atoms with Gasteiger partial charge in [-0.2, -0.15) is 5.10 Å². The van der Waals surface area contributed by atoms with Gasteiger partial charge in [0.25, 0.3) is 5.91 Å². The van der Waals surface area contributed by atoms with Gasteiger partial charge in [-0.1, -0.05) is 20.8 Å². The molecule has 1 amide bonds. The van der Waals surface area contributed by atoms with Crippen LogP contribution in [0.4, 0.5) is 0 Å². The summed E-state index contributed by atoms with van der Waals surface area (Å²) in [6.45, 7) is 12.6. The standard InChI is InChI=1S/C18H29N5O.2ClH/c1-7-13(5)23-16-15(9-20-23)14(8-12(4)21-16)17(24)22-18(6,10-19)11(2)3;;/h8-9,11,13H,7,10,19H2,1-6H3,(H,22,24);2*1H. The lowest BCUT2D eigenvalue weighted by molar-refractivity contribution is 0.0885. The summed E-state index contributed by atoms with van der Waals surface area (Å²) in [5, 5.41) is 8.33. The Kier molecular flexibility index (Phi) is 9.03. The molecule has 0 aliphatic carbocycles. The summed E-state index contributed by atoms with van der Waals surface area (Å²) in [7, 11) is 0. The molecule has 0 saturated carbocycles. The number of fused-ring (bicyclic) bond motifs is 1. The molecular formula is C18H31Cl2N5O. The van der Waals surface area contributed by atoms with Gasteiger partial charge in [-0.05, 0) is 39.2 Å². The third-order valence-electron chi connectivity index (χ3n) is 5.05. The molecule has 0 fully saturated rings. The normalized spacial score (nSPS) is 14.3. The van der Waals surface area contributed by atoms with Crippen LogP contribution in [0.3, 0.4) is 0 Å². The number of aryl methyl sites for hydroxylation is 1. The van der Waals surface area contributed by atoms with Gasteiger partial charge in [0.2, 0.25) is 0 Å². The van der Waals surface area contributed by atoms with Crippen LogP contribution in [0.5, 0.6) is 0 Å². The quantitative estimate of drug-likeness (QED) is 0.770. The number of hydrogen-bond acceptors (Lipinski definition) is 4. The third-order valence-corrected chi connectivity index (χ3v) is 5.05. The Hall–Kier alpha value is -1.37. The molecule has 2 unspecified atom stereocenters. The van der Waals surface area contributed by atoms with Crippen molar-refractivity contribution in [3.05, 3.63) is 23.5 Å². The van der Waals surface area contributed by atoms with Gasteiger partial charge in [0, 0.05) is 12.2 Å². The van der Waals surface area contributed by atoms with E-state index in [0.29, 0.717) is 12.1 Å². The van der Waals surface area contributed by atoms with Gasteiger partial charge >= 0.3 is 0 Å². The minimum Gasteiger partial charge on any atom is -0.345 e. The fraction of sp³-hybridized carbons (Fsp3) is 0.611. The highest BCUT2D eigenvalue weighted by atomic mass is 35.5. The molecule has 8 heteroatoms. The van der Waals surface area contributed by atoms with E-state index in [-0.39, 0.29) is 42.7 Å². The number of nitrogens with zero attached hydrogens (tertiary/aromatic N) is 3. The first-order chi connectivity index (χ1) is 11.2. The van der Waals surface area contributed by atoms with Crippen LogP contribution in [0.25, 0.3) is 11.0 Å². The number of rotatable bonds is 6. The van der Waals surface area contributed by atoms with E-state index in [1.807, 2.05) is 24.6 Å². The summed E-state index contributed by atoms with van der Waals surface area (Å²) >= 11 is 0. The van der Waals surface area contributed by atoms with Gasteiger partial charge in [0.1, 0.15) is 0 Å². The molecule has 6 nitrogen and oxygen atoms in total. The van der Waals surface area contributed by atoms with Crippen LogP contribution in [0.2, 0.25) is 0 Å². The van der Waals surface area contributed by atoms with Crippen molar-refractivity contribution in [1.82, 2.24) is 20.1 Å². The zero-order valence-electron chi connectivity index (χ0n) is 16.4. The van der Waals surface area contributed by atoms with Crippen LogP contribution in [0.15, 0.2) is 12.3 Å². The molecule has 0 aromatic carbocycles. The van der Waals surface area contributed by atoms with Crippen molar-refractivity contribution in [3.8, 4) is 0 Å². The van der Waals surface area contributed by atoms with Crippen molar-refractivity contribution in [1.29, 1.82) is 0 Å². The van der Waals surface area contributed by atoms with Crippen molar-refractivity contribution >= 4 is 41.8 Å². The van der Waals surface area contributed by atoms with Crippen molar-refractivity contribution in [3.63, 3.8) is 0 Å². The molecule has 2 atom stereocenters. The van der Waals surface area contributed by atoms with Crippen molar-refractivity contribution in [2.24, 2.45) is 11.7 Å². The van der Waals surface area contributed by atoms with Crippen LogP contribution in [0, 0.1) is 12.8 Å². The van der Waals surface area contributed by atoms with E-state index in [9.17, 15) is 4.79 Å². The molecule has 3 N–H and O–H groups in total. The van der Waals surface area contributed by atoms with Crippen LogP contribution in [-0.2, 0) is 0 Å². The molecule has 0 radical (unpaired) electrons. The summed E-state index contributed by atoms with van der Waals surface area (Å²) in [6.07, 6.45) is 2.69. The number of halogens is 2. The molecule has 2 aromatic heterocycles. The number of aromatic nitrogens is 3. The highest BCUT2D eigenvalue weighted by molar-refractivity contribution is 6.05. The van der Waals surface area contributed by atoms with Crippen molar-refractivity contribution in [2.45, 2.75) is 59.5 Å². The second kappa shape index (κ2) is 9.53. The second-order valence-corrected chi connectivity index (χ2v) is 7.13. The first-order valence-electron chi connectivity index (χ1n) is 8.61. The molecule has 0 aliphatic heterocycles. The van der Waals surface area contributed by atoms with E-state index in [0.717, 1.165) is 23.1 Å². The predicted molar refractivity (Wildman–Crippen MR) is 112 cm³/mol. The molecule has 0 bridgehead atoms. The molecule has 26 heavy (non-hydrogen) atoms. The lowest BCUT2D eigenvalue weighted by Gasteiger charge is -2.33. The predicted octanol–water partition coefficient (Wildman–Crippen LogP) is 3.66. The highest BCUT2D eigenvalue weighted by Crippen LogP contribution is 2.23. The van der Waals surface area contributed by atoms with E-state index >= 15 is 0 Å². The minimum atomic E-state index is -0.451. The summed E-state index contributed by atoms with van der Waals surface area (Å²) in [5.41, 5.74) is 7.61. The lowest BCUT2D eigenvalue weighted by Crippen LogP contribution is -2.55. The fourth-order valence-electron chi connectivity index (χ4n) is 2.58. The maximum atomic E-state index is 12.9. The average Bonchev–Trinajstić information content (AvgIpc) is 2.96. The van der Waals surface area contributed by atoms with Crippen LogP contribution < -0.4 is 11.1 Å². The summed E-state index contributed by atoms with van der Waals surface area (Å²) in [4.78, 5) is 17.5. The largest absolute Gasteiger partial charge is 0.345 e. The maximum Gasteiger partial charge on any atom is 0.252 e. The number of amides is 1. The van der Waals surface area contributed by atoms with Gasteiger partial charge < -0.3 is 11.1 Å². The van der Waals surface area contributed by atoms with Crippen LogP contribution in [0.1, 0.15) is 63.1 Å². The summed E-state index contributed by atoms with van der Waals surface area (Å²) in [6, 6.07) is 2.05. The van der Waals surface area contributed by atoms with Crippen LogP contribution in [-0.4, -0.2) is 32.8 Å². The van der Waals surface area contributed by atoms with E-state index in [1.54, 1.807) is 6.20 Å². The molecule has 0 spiro atoms. The topological polar surface area (TPSA) is 85.8 Å². The number of nitrogens with one attached hydrogen (secondary N) is 1. The summed E-state index contributed by atoms with van der Waals surface area (Å²) in [5.74, 6) is 0.101. The smallest absolute Gasteiger partial charge is 0.252 e. The number of carbonyl (C=O) groups excluding carboxylic acids is 1. The Labute approximate surface area is 168 Å². The fourth-order valence-corrected chi connectivity index (χ4v) is 2.58. The average molecular weight is 404 g/mol. The van der Waals surface area contributed by atoms with Gasteiger partial charge in [-0.3, -0.25) is 4.79 Å². The van der Waals surface area contributed by atoms with Gasteiger partial charge in [0.05, 0.1) is 28.7 Å². The Balaban J connectivity index is 0.00000312. The second-order valence-electron chi connectivity index (χ2n) is 7.13. The van der Waals surface area contributed by atoms with E-state index < -0.39 is 5.54 Å². The molecule has 2 aromatic rings. The number of nitrogens with two attached hydrogens (primary N) is 1. The maximum absolute atomic E-state index is 12.9. The Morgan fingerprint density at radius 3 is 2.46 bits per heavy atom. The minimum absolute atomic E-state index is 0. The molecule has 148 valence electrons. The zero-order valence-corrected chi connectivity index (χ0v) is 18.0. The number of hydrogen-bond donors (Lipinski definition) is 2. The highest BCUT2D eigenvalue weighted by Gasteiger charge is 2.30. The Morgan fingerprint density at radius 2 is 1.96 bits per heavy atom. The first-order valence-corrected chi connectivity index (χ1v) is 8.61. The van der Waals surface area contributed by atoms with Crippen molar-refractivity contribution < 1.29 is 4.79 Å². The third kappa shape index (κ3) is 4.67. The van der Waals surface area contributed by atoms with E-state index in [1.165, 1.54) is 0 Å². The number of carbonyl (C=O) groups is 1. The molecule has 0 saturated heterocycles. The SMILES string of the molecule is CCC(C)n1ncc2c(C(=O)NC(C)(CN)C(C)C)cc(C)nc21.Cl.Cl. The Morgan fingerprint density at radius 1 is 1.35 bits per heavy atom. The zero-order chi connectivity index (χ0) is 18.1. The van der Waals surface area contributed by atoms with Crippen LogP contribution >= 0.6 is 24.8 Å². The summed E-state index contributed by atoms with van der Waals surface area (Å²) < 4.78 is 1.89. The first kappa shape index (κ1) is 24.6. The molecule has 2 rings (SSSR count). The monoisotopic (exact) mass is 403 g/mol. The van der Waals surface area contributed by atoms with Gasteiger partial charge in [-0.25, -0.2) is 9.67 Å². The van der Waals surface area contributed by atoms with Gasteiger partial charge in [-0.15, -0.1) is 24.8 Å². The van der Waals surface area contributed by atoms with Crippen molar-refractivity contribution in [2.75, 3.05) is 6.54 Å². The van der Waals surface area contributed by atoms with E-state index in [2.05, 4.69) is 43.1 Å². The lowest BCUT2D eigenvalue weighted by atomic mass is 9.88.